The van der Waals surface area contributed by atoms with E-state index in [1.165, 1.54) is 25.1 Å². The van der Waals surface area contributed by atoms with Crippen molar-refractivity contribution in [1.29, 1.82) is 0 Å². The summed E-state index contributed by atoms with van der Waals surface area (Å²) >= 11 is 0. The summed E-state index contributed by atoms with van der Waals surface area (Å²) in [4.78, 5) is 13.8. The molecule has 0 saturated carbocycles. The average molecular weight is 536 g/mol. The monoisotopic (exact) mass is 535 g/mol. The van der Waals surface area contributed by atoms with Crippen molar-refractivity contribution in [2.75, 3.05) is 38.9 Å². The van der Waals surface area contributed by atoms with E-state index in [4.69, 9.17) is 18.9 Å². The predicted molar refractivity (Wildman–Crippen MR) is 145 cm³/mol. The van der Waals surface area contributed by atoms with Gasteiger partial charge < -0.3 is 18.9 Å². The number of benzene rings is 3. The molecule has 4 aromatic rings. The van der Waals surface area contributed by atoms with E-state index >= 15 is 0 Å². The minimum Gasteiger partial charge on any atom is -0.494 e. The second-order valence-electron chi connectivity index (χ2n) is 8.87. The van der Waals surface area contributed by atoms with E-state index in [0.717, 1.165) is 16.3 Å². The molecule has 3 aromatic carbocycles. The fourth-order valence-electron chi connectivity index (χ4n) is 4.41. The molecule has 0 bridgehead atoms. The highest BCUT2D eigenvalue weighted by Gasteiger charge is 2.27. The molecule has 0 atom stereocenters. The van der Waals surface area contributed by atoms with Gasteiger partial charge in [0.15, 0.2) is 11.4 Å². The minimum atomic E-state index is -2.59. The number of hydrogen-bond donors (Lipinski definition) is 0. The summed E-state index contributed by atoms with van der Waals surface area (Å²) < 4.78 is 42.0. The lowest BCUT2D eigenvalue weighted by Gasteiger charge is -2.19. The summed E-state index contributed by atoms with van der Waals surface area (Å²) in [5, 5.41) is 6.51. The first-order chi connectivity index (χ1) is 18.4. The van der Waals surface area contributed by atoms with Crippen molar-refractivity contribution < 1.29 is 28.0 Å². The fourth-order valence-corrected chi connectivity index (χ4v) is 6.06. The fraction of sp³-hybridized carbons (Fsp3) is 0.286. The molecule has 1 aliphatic rings. The molecule has 0 aliphatic carbocycles. The Morgan fingerprint density at radius 2 is 1.79 bits per heavy atom. The van der Waals surface area contributed by atoms with Crippen LogP contribution in [0, 0.1) is 0 Å². The summed E-state index contributed by atoms with van der Waals surface area (Å²) in [6, 6.07) is 17.4. The zero-order chi connectivity index (χ0) is 26.7. The Hall–Kier alpha value is -3.89. The summed E-state index contributed by atoms with van der Waals surface area (Å²) in [6.45, 7) is 0.980. The number of aromatic nitrogens is 2. The van der Waals surface area contributed by atoms with Crippen LogP contribution in [-0.4, -0.2) is 58.7 Å². The zero-order valence-corrected chi connectivity index (χ0v) is 22.3. The maximum absolute atomic E-state index is 13.8. The van der Waals surface area contributed by atoms with E-state index in [9.17, 15) is 9.00 Å². The van der Waals surface area contributed by atoms with Crippen molar-refractivity contribution in [3.63, 3.8) is 0 Å². The van der Waals surface area contributed by atoms with Crippen molar-refractivity contribution in [2.45, 2.75) is 6.61 Å². The molecule has 1 fully saturated rings. The number of methoxy groups -OCH3 is 2. The molecule has 5 rings (SSSR count). The Labute approximate surface area is 221 Å². The van der Waals surface area contributed by atoms with Crippen LogP contribution < -0.4 is 14.2 Å². The number of rotatable bonds is 8. The lowest BCUT2D eigenvalue weighted by atomic mass is 10.0. The third kappa shape index (κ3) is 5.09. The van der Waals surface area contributed by atoms with E-state index in [1.807, 2.05) is 30.3 Å². The second kappa shape index (κ2) is 10.8. The van der Waals surface area contributed by atoms with Crippen molar-refractivity contribution >= 4 is 32.0 Å². The molecule has 1 saturated heterocycles. The predicted octanol–water partition coefficient (Wildman–Crippen LogP) is 4.53. The summed E-state index contributed by atoms with van der Waals surface area (Å²) in [5.41, 5.74) is 1.73. The van der Waals surface area contributed by atoms with E-state index in [2.05, 4.69) is 21.6 Å². The van der Waals surface area contributed by atoms with Gasteiger partial charge in [0.25, 0.3) is 0 Å². The Morgan fingerprint density at radius 1 is 1.03 bits per heavy atom. The standard InChI is InChI=1S/C28H29N3O6S/c1-31-28(37-18-19-8-9-20-6-4-5-7-21(20)16-19)23(17-29-31)26(32)22-10-11-24(34-2)25(27(22)35-3)30-38(33)14-12-36-13-15-38/h4-11,16-17H,12-15,18H2,1-3H3. The first-order valence-electron chi connectivity index (χ1n) is 12.1. The normalized spacial score (nSPS) is 14.7. The van der Waals surface area contributed by atoms with Gasteiger partial charge in [-0.15, -0.1) is 0 Å². The molecule has 9 nitrogen and oxygen atoms in total. The smallest absolute Gasteiger partial charge is 0.223 e. The average Bonchev–Trinajstić information content (AvgIpc) is 3.31. The summed E-state index contributed by atoms with van der Waals surface area (Å²) in [6.07, 6.45) is 1.47. The van der Waals surface area contributed by atoms with Crippen molar-refractivity contribution in [3.8, 4) is 17.4 Å². The molecule has 198 valence electrons. The highest BCUT2D eigenvalue weighted by molar-refractivity contribution is 7.93. The van der Waals surface area contributed by atoms with Crippen LogP contribution in [-0.2, 0) is 28.1 Å². The van der Waals surface area contributed by atoms with Gasteiger partial charge in [-0.1, -0.05) is 36.4 Å². The SMILES string of the molecule is COc1ccc(C(=O)c2cnn(C)c2OCc2ccc3ccccc3c2)c(OC)c1N=S1(=O)CCOCC1. The number of nitrogens with zero attached hydrogens (tertiary/aromatic N) is 3. The third-order valence-corrected chi connectivity index (χ3v) is 8.56. The zero-order valence-electron chi connectivity index (χ0n) is 21.5. The maximum Gasteiger partial charge on any atom is 0.223 e. The number of ketones is 1. The number of ether oxygens (including phenoxy) is 4. The van der Waals surface area contributed by atoms with Crippen LogP contribution in [0.5, 0.6) is 17.4 Å². The lowest BCUT2D eigenvalue weighted by Crippen LogP contribution is -2.25. The molecular formula is C28H29N3O6S. The topological polar surface area (TPSA) is 101 Å². The quantitative estimate of drug-likeness (QED) is 0.306. The Balaban J connectivity index is 1.49. The van der Waals surface area contributed by atoms with E-state index in [1.54, 1.807) is 19.2 Å². The second-order valence-corrected chi connectivity index (χ2v) is 11.4. The van der Waals surface area contributed by atoms with Crippen LogP contribution >= 0.6 is 0 Å². The van der Waals surface area contributed by atoms with Gasteiger partial charge in [0.1, 0.15) is 17.9 Å². The van der Waals surface area contributed by atoms with Crippen molar-refractivity contribution in [1.82, 2.24) is 9.78 Å². The number of hydrogen-bond acceptors (Lipinski definition) is 8. The van der Waals surface area contributed by atoms with Gasteiger partial charge in [0.2, 0.25) is 11.7 Å². The first-order valence-corrected chi connectivity index (χ1v) is 14.0. The van der Waals surface area contributed by atoms with Crippen molar-refractivity contribution in [2.24, 2.45) is 11.4 Å². The van der Waals surface area contributed by atoms with Crippen LogP contribution in [0.25, 0.3) is 10.8 Å². The van der Waals surface area contributed by atoms with Gasteiger partial charge in [-0.3, -0.25) is 4.79 Å². The van der Waals surface area contributed by atoms with E-state index in [-0.39, 0.29) is 35.0 Å². The first kappa shape index (κ1) is 25.7. The van der Waals surface area contributed by atoms with Crippen LogP contribution in [0.2, 0.25) is 0 Å². The van der Waals surface area contributed by atoms with Gasteiger partial charge in [0, 0.05) is 7.05 Å². The van der Waals surface area contributed by atoms with Gasteiger partial charge in [0.05, 0.1) is 60.4 Å². The van der Waals surface area contributed by atoms with Crippen LogP contribution in [0.15, 0.2) is 65.2 Å². The molecule has 38 heavy (non-hydrogen) atoms. The number of aryl methyl sites for hydroxylation is 1. The van der Waals surface area contributed by atoms with Crippen molar-refractivity contribution in [3.05, 3.63) is 77.5 Å². The summed E-state index contributed by atoms with van der Waals surface area (Å²) in [5.74, 6) is 1.12. The molecular weight excluding hydrogens is 506 g/mol. The summed E-state index contributed by atoms with van der Waals surface area (Å²) in [7, 11) is 2.07. The molecule has 0 radical (unpaired) electrons. The molecule has 1 aromatic heterocycles. The largest absolute Gasteiger partial charge is 0.494 e. The Kier molecular flexibility index (Phi) is 7.35. The van der Waals surface area contributed by atoms with Crippen LogP contribution in [0.3, 0.4) is 0 Å². The minimum absolute atomic E-state index is 0.188. The maximum atomic E-state index is 13.8. The Bertz CT molecular complexity index is 1610. The van der Waals surface area contributed by atoms with Gasteiger partial charge >= 0.3 is 0 Å². The highest BCUT2D eigenvalue weighted by Crippen LogP contribution is 2.42. The van der Waals surface area contributed by atoms with E-state index < -0.39 is 9.73 Å². The van der Waals surface area contributed by atoms with Gasteiger partial charge in [-0.2, -0.15) is 9.46 Å². The van der Waals surface area contributed by atoms with Gasteiger partial charge in [-0.25, -0.2) is 8.89 Å². The third-order valence-electron chi connectivity index (χ3n) is 6.43. The van der Waals surface area contributed by atoms with E-state index in [0.29, 0.717) is 36.3 Å². The number of carbonyl (C=O) groups is 1. The molecule has 0 spiro atoms. The Morgan fingerprint density at radius 3 is 2.53 bits per heavy atom. The molecule has 0 unspecified atom stereocenters. The molecule has 10 heteroatoms. The molecule has 2 heterocycles. The van der Waals surface area contributed by atoms with Gasteiger partial charge in [-0.05, 0) is 34.5 Å². The number of fused-ring (bicyclic) bond motifs is 1. The molecule has 0 N–H and O–H groups in total. The molecule has 0 amide bonds. The number of carbonyl (C=O) groups excluding carboxylic acids is 1. The van der Waals surface area contributed by atoms with Crippen LogP contribution in [0.4, 0.5) is 5.69 Å². The lowest BCUT2D eigenvalue weighted by molar-refractivity contribution is 0.103. The van der Waals surface area contributed by atoms with Crippen LogP contribution in [0.1, 0.15) is 21.5 Å². The highest BCUT2D eigenvalue weighted by atomic mass is 32.2. The molecule has 1 aliphatic heterocycles.